The largest absolute Gasteiger partial charge is 0.397 e. The van der Waals surface area contributed by atoms with E-state index in [0.29, 0.717) is 0 Å². The molecule has 3 heteroatoms. The third kappa shape index (κ3) is 2.29. The molecule has 0 N–H and O–H groups in total. The van der Waals surface area contributed by atoms with E-state index in [0.717, 1.165) is 11.5 Å². The van der Waals surface area contributed by atoms with Crippen molar-refractivity contribution >= 4 is 8.56 Å². The molecule has 0 spiro atoms. The van der Waals surface area contributed by atoms with Gasteiger partial charge in [0.05, 0.1) is 0 Å². The Bertz CT molecular complexity index is 194. The van der Waals surface area contributed by atoms with E-state index in [1.807, 2.05) is 14.2 Å². The van der Waals surface area contributed by atoms with Crippen molar-refractivity contribution in [1.29, 1.82) is 0 Å². The Labute approximate surface area is 94.6 Å². The van der Waals surface area contributed by atoms with E-state index in [9.17, 15) is 0 Å². The molecule has 0 unspecified atom stereocenters. The van der Waals surface area contributed by atoms with Gasteiger partial charge in [0.2, 0.25) is 0 Å². The van der Waals surface area contributed by atoms with Gasteiger partial charge in [0, 0.05) is 19.8 Å². The van der Waals surface area contributed by atoms with Crippen LogP contribution >= 0.6 is 0 Å². The van der Waals surface area contributed by atoms with Gasteiger partial charge in [-0.05, 0) is 24.8 Å². The van der Waals surface area contributed by atoms with Crippen molar-refractivity contribution < 1.29 is 8.85 Å². The minimum absolute atomic E-state index is 0.771. The normalized spacial score (nSPS) is 24.4. The molecule has 0 saturated heterocycles. The highest BCUT2D eigenvalue weighted by atomic mass is 28.4. The van der Waals surface area contributed by atoms with E-state index < -0.39 is 8.56 Å². The fraction of sp³-hybridized carbons (Fsp3) is 1.00. The first-order chi connectivity index (χ1) is 7.30. The molecular weight excluding hydrogens is 204 g/mol. The smallest absolute Gasteiger partial charge is 0.341 e. The molecule has 0 aromatic carbocycles. The summed E-state index contributed by atoms with van der Waals surface area (Å²) in [6.45, 7) is 0. The molecule has 0 aliphatic heterocycles. The summed E-state index contributed by atoms with van der Waals surface area (Å²) < 4.78 is 11.8. The van der Waals surface area contributed by atoms with E-state index in [4.69, 9.17) is 8.85 Å². The number of hydrogen-bond acceptors (Lipinski definition) is 2. The standard InChI is InChI=1S/C12H24O2Si/c1-13-15(14-2,10-11-6-5-7-11)12-8-3-4-9-12/h11-12H,3-10H2,1-2H3. The Kier molecular flexibility index (Phi) is 3.86. The van der Waals surface area contributed by atoms with Crippen LogP contribution in [0, 0.1) is 5.92 Å². The molecule has 88 valence electrons. The van der Waals surface area contributed by atoms with Gasteiger partial charge in [-0.1, -0.05) is 32.1 Å². The lowest BCUT2D eigenvalue weighted by Crippen LogP contribution is -2.46. The van der Waals surface area contributed by atoms with Crippen molar-refractivity contribution in [2.24, 2.45) is 5.92 Å². The molecular formula is C12H24O2Si. The Balaban J connectivity index is 1.99. The lowest BCUT2D eigenvalue weighted by molar-refractivity contribution is 0.205. The van der Waals surface area contributed by atoms with Gasteiger partial charge in [0.25, 0.3) is 0 Å². The van der Waals surface area contributed by atoms with Crippen molar-refractivity contribution in [2.75, 3.05) is 14.2 Å². The van der Waals surface area contributed by atoms with Gasteiger partial charge in [-0.25, -0.2) is 0 Å². The van der Waals surface area contributed by atoms with Gasteiger partial charge in [0.1, 0.15) is 0 Å². The summed E-state index contributed by atoms with van der Waals surface area (Å²) >= 11 is 0. The minimum atomic E-state index is -1.84. The molecule has 15 heavy (non-hydrogen) atoms. The molecule has 0 aromatic rings. The average molecular weight is 228 g/mol. The Morgan fingerprint density at radius 2 is 1.53 bits per heavy atom. The predicted molar refractivity (Wildman–Crippen MR) is 64.1 cm³/mol. The van der Waals surface area contributed by atoms with Crippen LogP contribution in [0.5, 0.6) is 0 Å². The lowest BCUT2D eigenvalue weighted by atomic mass is 9.87. The van der Waals surface area contributed by atoms with Crippen LogP contribution in [0.2, 0.25) is 11.6 Å². The van der Waals surface area contributed by atoms with Crippen LogP contribution in [0.15, 0.2) is 0 Å². The Morgan fingerprint density at radius 3 is 1.93 bits per heavy atom. The summed E-state index contributed by atoms with van der Waals surface area (Å²) in [6, 6.07) is 1.25. The van der Waals surface area contributed by atoms with E-state index in [1.165, 1.54) is 51.0 Å². The van der Waals surface area contributed by atoms with E-state index in [-0.39, 0.29) is 0 Å². The number of rotatable bonds is 5. The summed E-state index contributed by atoms with van der Waals surface area (Å²) in [6.07, 6.45) is 9.71. The van der Waals surface area contributed by atoms with Crippen molar-refractivity contribution in [3.8, 4) is 0 Å². The highest BCUT2D eigenvalue weighted by Crippen LogP contribution is 2.45. The first-order valence-electron chi connectivity index (χ1n) is 6.41. The first-order valence-corrected chi connectivity index (χ1v) is 8.51. The Morgan fingerprint density at radius 1 is 0.933 bits per heavy atom. The van der Waals surface area contributed by atoms with Crippen LogP contribution < -0.4 is 0 Å². The zero-order valence-electron chi connectivity index (χ0n) is 10.1. The van der Waals surface area contributed by atoms with Gasteiger partial charge < -0.3 is 8.85 Å². The summed E-state index contributed by atoms with van der Waals surface area (Å²) in [4.78, 5) is 0. The third-order valence-corrected chi connectivity index (χ3v) is 8.82. The van der Waals surface area contributed by atoms with E-state index >= 15 is 0 Å². The lowest BCUT2D eigenvalue weighted by Gasteiger charge is -2.38. The van der Waals surface area contributed by atoms with Crippen LogP contribution in [0.1, 0.15) is 44.9 Å². The minimum Gasteiger partial charge on any atom is -0.397 e. The van der Waals surface area contributed by atoms with Crippen LogP contribution in [0.25, 0.3) is 0 Å². The fourth-order valence-electron chi connectivity index (χ4n) is 3.21. The van der Waals surface area contributed by atoms with Crippen LogP contribution in [-0.2, 0) is 8.85 Å². The summed E-state index contributed by atoms with van der Waals surface area (Å²) in [5, 5.41) is 0. The van der Waals surface area contributed by atoms with Gasteiger partial charge >= 0.3 is 8.56 Å². The van der Waals surface area contributed by atoms with Gasteiger partial charge in [0.15, 0.2) is 0 Å². The first kappa shape index (κ1) is 11.6. The fourth-order valence-corrected chi connectivity index (χ4v) is 7.22. The molecule has 2 rings (SSSR count). The van der Waals surface area contributed by atoms with Crippen LogP contribution in [0.4, 0.5) is 0 Å². The summed E-state index contributed by atoms with van der Waals surface area (Å²) in [5.74, 6) is 0.914. The second kappa shape index (κ2) is 4.98. The number of hydrogen-bond donors (Lipinski definition) is 0. The monoisotopic (exact) mass is 228 g/mol. The highest BCUT2D eigenvalue weighted by molar-refractivity contribution is 6.69. The van der Waals surface area contributed by atoms with Gasteiger partial charge in [-0.2, -0.15) is 0 Å². The second-order valence-corrected chi connectivity index (χ2v) is 8.87. The molecule has 0 heterocycles. The summed E-state index contributed by atoms with van der Waals surface area (Å²) in [5.41, 5.74) is 0.771. The van der Waals surface area contributed by atoms with Crippen molar-refractivity contribution in [3.63, 3.8) is 0 Å². The molecule has 2 fully saturated rings. The third-order valence-electron chi connectivity index (χ3n) is 4.47. The zero-order valence-corrected chi connectivity index (χ0v) is 11.1. The zero-order chi connectivity index (χ0) is 10.7. The SMILES string of the molecule is CO[Si](CC1CCC1)(OC)C1CCCC1. The van der Waals surface area contributed by atoms with Crippen LogP contribution in [0.3, 0.4) is 0 Å². The molecule has 2 aliphatic carbocycles. The van der Waals surface area contributed by atoms with Crippen molar-refractivity contribution in [3.05, 3.63) is 0 Å². The molecule has 0 aromatic heterocycles. The van der Waals surface area contributed by atoms with Crippen molar-refractivity contribution in [2.45, 2.75) is 56.5 Å². The quantitative estimate of drug-likeness (QED) is 0.671. The second-order valence-electron chi connectivity index (χ2n) is 5.20. The molecule has 0 atom stereocenters. The van der Waals surface area contributed by atoms with Gasteiger partial charge in [-0.15, -0.1) is 0 Å². The molecule has 0 amide bonds. The Hall–Kier alpha value is 0.137. The van der Waals surface area contributed by atoms with Crippen molar-refractivity contribution in [1.82, 2.24) is 0 Å². The molecule has 2 aliphatic rings. The average Bonchev–Trinajstić information content (AvgIpc) is 2.71. The van der Waals surface area contributed by atoms with Gasteiger partial charge in [-0.3, -0.25) is 0 Å². The maximum absolute atomic E-state index is 5.89. The molecule has 2 saturated carbocycles. The van der Waals surface area contributed by atoms with Crippen LogP contribution in [-0.4, -0.2) is 22.8 Å². The molecule has 2 nitrogen and oxygen atoms in total. The highest BCUT2D eigenvalue weighted by Gasteiger charge is 2.47. The van der Waals surface area contributed by atoms with E-state index in [2.05, 4.69) is 0 Å². The predicted octanol–water partition coefficient (Wildman–Crippen LogP) is 3.47. The summed E-state index contributed by atoms with van der Waals surface area (Å²) in [7, 11) is 1.92. The molecule has 0 bridgehead atoms. The maximum atomic E-state index is 5.89. The topological polar surface area (TPSA) is 18.5 Å². The maximum Gasteiger partial charge on any atom is 0.341 e. The molecule has 0 radical (unpaired) electrons. The van der Waals surface area contributed by atoms with E-state index in [1.54, 1.807) is 0 Å².